The van der Waals surface area contributed by atoms with Crippen molar-refractivity contribution in [3.8, 4) is 0 Å². The molecule has 2 rings (SSSR count). The number of piperidine rings is 1. The molecule has 13 heavy (non-hydrogen) atoms. The van der Waals surface area contributed by atoms with Crippen molar-refractivity contribution in [2.24, 2.45) is 5.10 Å². The molecule has 0 unspecified atom stereocenters. The topological polar surface area (TPSA) is 30.9 Å². The van der Waals surface area contributed by atoms with E-state index in [1.165, 1.54) is 17.7 Å². The third kappa shape index (κ3) is 1.98. The van der Waals surface area contributed by atoms with E-state index in [0.717, 1.165) is 25.9 Å². The molecule has 5 heteroatoms. The van der Waals surface area contributed by atoms with Crippen molar-refractivity contribution >= 4 is 5.97 Å². The van der Waals surface area contributed by atoms with E-state index in [4.69, 9.17) is 0 Å². The molecule has 1 fully saturated rings. The number of hydrogen-bond donors (Lipinski definition) is 1. The average molecular weight is 183 g/mol. The van der Waals surface area contributed by atoms with Gasteiger partial charge in [0.2, 0.25) is 5.97 Å². The van der Waals surface area contributed by atoms with Crippen LogP contribution in [0.2, 0.25) is 0 Å². The summed E-state index contributed by atoms with van der Waals surface area (Å²) < 4.78 is 12.7. The van der Waals surface area contributed by atoms with Crippen molar-refractivity contribution in [3.05, 3.63) is 12.3 Å². The summed E-state index contributed by atoms with van der Waals surface area (Å²) in [5.41, 5.74) is 2.75. The summed E-state index contributed by atoms with van der Waals surface area (Å²) in [7, 11) is 0. The Balaban J connectivity index is 1.96. The van der Waals surface area contributed by atoms with Crippen molar-refractivity contribution in [1.82, 2.24) is 15.7 Å². The van der Waals surface area contributed by atoms with E-state index in [2.05, 4.69) is 16.7 Å². The monoisotopic (exact) mass is 183 g/mol. The minimum Gasteiger partial charge on any atom is -0.265 e. The van der Waals surface area contributed by atoms with Crippen LogP contribution in [0.25, 0.3) is 0 Å². The maximum atomic E-state index is 12.7. The van der Waals surface area contributed by atoms with E-state index in [-0.39, 0.29) is 0 Å². The Bertz CT molecular complexity index is 232. The SMILES string of the molecule is FC1=NN(N2CCCCC2)N[C]=C1. The van der Waals surface area contributed by atoms with Gasteiger partial charge in [-0.15, -0.1) is 10.3 Å². The van der Waals surface area contributed by atoms with Gasteiger partial charge in [0.15, 0.2) is 0 Å². The fourth-order valence-electron chi connectivity index (χ4n) is 1.49. The third-order valence-corrected chi connectivity index (χ3v) is 2.15. The van der Waals surface area contributed by atoms with E-state index >= 15 is 0 Å². The normalized spacial score (nSPS) is 24.1. The standard InChI is InChI=1S/C8H12FN4/c9-8-4-5-10-13(11-8)12-6-2-1-3-7-12/h4,10H,1-3,6-7H2. The van der Waals surface area contributed by atoms with Crippen LogP contribution in [-0.4, -0.2) is 29.3 Å². The zero-order valence-corrected chi connectivity index (χ0v) is 7.33. The molecule has 2 heterocycles. The Kier molecular flexibility index (Phi) is 2.44. The Morgan fingerprint density at radius 2 is 2.15 bits per heavy atom. The quantitative estimate of drug-likeness (QED) is 0.652. The van der Waals surface area contributed by atoms with Crippen LogP contribution in [0, 0.1) is 6.20 Å². The number of nitrogens with one attached hydrogen (secondary N) is 1. The first kappa shape index (κ1) is 8.50. The van der Waals surface area contributed by atoms with E-state index in [1.807, 2.05) is 5.01 Å². The van der Waals surface area contributed by atoms with Gasteiger partial charge in [-0.05, 0) is 12.8 Å². The molecule has 0 bridgehead atoms. The lowest BCUT2D eigenvalue weighted by Crippen LogP contribution is -2.49. The smallest absolute Gasteiger partial charge is 0.236 e. The van der Waals surface area contributed by atoms with Gasteiger partial charge in [0.05, 0.1) is 6.20 Å². The van der Waals surface area contributed by atoms with Crippen LogP contribution in [0.1, 0.15) is 19.3 Å². The summed E-state index contributed by atoms with van der Waals surface area (Å²) in [5, 5.41) is 7.09. The summed E-state index contributed by atoms with van der Waals surface area (Å²) in [6.45, 7) is 1.84. The number of hydrazine groups is 2. The molecule has 0 aromatic heterocycles. The molecule has 2 aliphatic heterocycles. The van der Waals surface area contributed by atoms with Crippen LogP contribution in [0.15, 0.2) is 11.2 Å². The van der Waals surface area contributed by atoms with Crippen LogP contribution < -0.4 is 5.43 Å². The van der Waals surface area contributed by atoms with Crippen LogP contribution in [0.4, 0.5) is 4.39 Å². The van der Waals surface area contributed by atoms with Crippen molar-refractivity contribution in [2.75, 3.05) is 13.1 Å². The Hall–Kier alpha value is -1.10. The first-order chi connectivity index (χ1) is 6.36. The second-order valence-corrected chi connectivity index (χ2v) is 3.13. The Morgan fingerprint density at radius 1 is 1.38 bits per heavy atom. The highest BCUT2D eigenvalue weighted by Gasteiger charge is 2.18. The van der Waals surface area contributed by atoms with Gasteiger partial charge < -0.3 is 0 Å². The molecular formula is C8H12FN4. The van der Waals surface area contributed by atoms with Crippen LogP contribution in [0.3, 0.4) is 0 Å². The molecule has 2 aliphatic rings. The number of rotatable bonds is 1. The highest BCUT2D eigenvalue weighted by Crippen LogP contribution is 2.11. The van der Waals surface area contributed by atoms with Crippen LogP contribution in [0.5, 0.6) is 0 Å². The minimum atomic E-state index is -0.510. The van der Waals surface area contributed by atoms with E-state index in [0.29, 0.717) is 0 Å². The van der Waals surface area contributed by atoms with E-state index in [1.54, 1.807) is 0 Å². The molecule has 1 radical (unpaired) electrons. The van der Waals surface area contributed by atoms with Crippen molar-refractivity contribution in [2.45, 2.75) is 19.3 Å². The number of halogens is 1. The fourth-order valence-corrected chi connectivity index (χ4v) is 1.49. The molecule has 0 amide bonds. The lowest BCUT2D eigenvalue weighted by atomic mass is 10.2. The molecule has 1 N–H and O–H groups in total. The van der Waals surface area contributed by atoms with E-state index < -0.39 is 5.97 Å². The average Bonchev–Trinajstić information content (AvgIpc) is 2.19. The van der Waals surface area contributed by atoms with Crippen molar-refractivity contribution in [1.29, 1.82) is 0 Å². The molecule has 0 aliphatic carbocycles. The molecule has 4 nitrogen and oxygen atoms in total. The van der Waals surface area contributed by atoms with Crippen molar-refractivity contribution < 1.29 is 4.39 Å². The predicted molar refractivity (Wildman–Crippen MR) is 46.8 cm³/mol. The zero-order valence-electron chi connectivity index (χ0n) is 7.33. The van der Waals surface area contributed by atoms with Gasteiger partial charge in [-0.1, -0.05) is 6.42 Å². The maximum Gasteiger partial charge on any atom is 0.236 e. The fraction of sp³-hybridized carbons (Fsp3) is 0.625. The molecule has 0 saturated carbocycles. The van der Waals surface area contributed by atoms with Gasteiger partial charge in [-0.25, -0.2) is 0 Å². The van der Waals surface area contributed by atoms with Gasteiger partial charge in [-0.2, -0.15) is 9.40 Å². The lowest BCUT2D eigenvalue weighted by Gasteiger charge is -2.34. The van der Waals surface area contributed by atoms with Crippen molar-refractivity contribution in [3.63, 3.8) is 0 Å². The van der Waals surface area contributed by atoms with Crippen LogP contribution >= 0.6 is 0 Å². The molecular weight excluding hydrogens is 171 g/mol. The number of allylic oxidation sites excluding steroid dienone is 1. The Labute approximate surface area is 76.6 Å². The van der Waals surface area contributed by atoms with Gasteiger partial charge >= 0.3 is 0 Å². The number of hydrogen-bond acceptors (Lipinski definition) is 4. The minimum absolute atomic E-state index is 0.510. The number of hydrazone groups is 1. The lowest BCUT2D eigenvalue weighted by molar-refractivity contribution is -0.0725. The molecule has 0 atom stereocenters. The first-order valence-corrected chi connectivity index (χ1v) is 4.50. The summed E-state index contributed by atoms with van der Waals surface area (Å²) in [6, 6.07) is 0. The second kappa shape index (κ2) is 3.74. The van der Waals surface area contributed by atoms with E-state index in [9.17, 15) is 4.39 Å². The Morgan fingerprint density at radius 3 is 2.85 bits per heavy atom. The van der Waals surface area contributed by atoms with Crippen LogP contribution in [-0.2, 0) is 0 Å². The molecule has 0 aromatic rings. The molecule has 71 valence electrons. The highest BCUT2D eigenvalue weighted by molar-refractivity contribution is 5.85. The van der Waals surface area contributed by atoms with Gasteiger partial charge in [0.25, 0.3) is 0 Å². The number of nitrogens with zero attached hydrogens (tertiary/aromatic N) is 3. The summed E-state index contributed by atoms with van der Waals surface area (Å²) in [4.78, 5) is 0. The second-order valence-electron chi connectivity index (χ2n) is 3.13. The van der Waals surface area contributed by atoms with Gasteiger partial charge in [-0.3, -0.25) is 5.43 Å². The maximum absolute atomic E-state index is 12.7. The zero-order chi connectivity index (χ0) is 9.10. The molecule has 0 aromatic carbocycles. The third-order valence-electron chi connectivity index (χ3n) is 2.15. The van der Waals surface area contributed by atoms with Gasteiger partial charge in [0.1, 0.15) is 0 Å². The molecule has 0 spiro atoms. The summed E-state index contributed by atoms with van der Waals surface area (Å²) in [5.74, 6) is -0.510. The molecule has 1 saturated heterocycles. The predicted octanol–water partition coefficient (Wildman–Crippen LogP) is 0.807. The summed E-state index contributed by atoms with van der Waals surface area (Å²) in [6.07, 6.45) is 7.29. The summed E-state index contributed by atoms with van der Waals surface area (Å²) >= 11 is 0. The first-order valence-electron chi connectivity index (χ1n) is 4.50. The highest BCUT2D eigenvalue weighted by atomic mass is 19.1. The largest absolute Gasteiger partial charge is 0.265 e. The van der Waals surface area contributed by atoms with Gasteiger partial charge in [0, 0.05) is 19.2 Å².